The topological polar surface area (TPSA) is 40.5 Å². The van der Waals surface area contributed by atoms with E-state index >= 15 is 0 Å². The maximum atomic E-state index is 11.1. The number of hydrogen-bond acceptors (Lipinski definition) is 3. The Morgan fingerprint density at radius 3 is 2.40 bits per heavy atom. The minimum Gasteiger partial charge on any atom is -0.478 e. The van der Waals surface area contributed by atoms with Crippen molar-refractivity contribution >= 4 is 41.1 Å². The number of halogens is 2. The van der Waals surface area contributed by atoms with Gasteiger partial charge < -0.3 is 5.11 Å². The first-order valence-corrected chi connectivity index (χ1v) is 8.05. The molecule has 1 heterocycles. The number of rotatable bonds is 3. The van der Waals surface area contributed by atoms with Crippen LogP contribution in [0.1, 0.15) is 30.6 Å². The average Bonchev–Trinajstić information content (AvgIpc) is 2.30. The van der Waals surface area contributed by atoms with Gasteiger partial charge in [0.05, 0.1) is 15.6 Å². The number of carboxylic acids is 1. The molecule has 3 nitrogen and oxygen atoms in total. The van der Waals surface area contributed by atoms with Crippen molar-refractivity contribution in [2.45, 2.75) is 25.2 Å². The third-order valence-corrected chi connectivity index (χ3v) is 5.14. The van der Waals surface area contributed by atoms with Gasteiger partial charge in [-0.15, -0.1) is 0 Å². The summed E-state index contributed by atoms with van der Waals surface area (Å²) in [4.78, 5) is 11.9. The van der Waals surface area contributed by atoms with Crippen LogP contribution in [0.25, 0.3) is 0 Å². The molecule has 110 valence electrons. The van der Waals surface area contributed by atoms with Crippen molar-refractivity contribution in [1.29, 1.82) is 0 Å². The molecule has 1 aliphatic rings. The molecule has 1 aromatic carbocycles. The lowest BCUT2D eigenvalue weighted by Crippen LogP contribution is -2.33. The third kappa shape index (κ3) is 3.82. The summed E-state index contributed by atoms with van der Waals surface area (Å²) in [5.74, 6) is 0.237. The SMILES string of the molecule is CC1CC(C)CN(Sc2cc(C(=O)O)c(Cl)cc2Cl)C1. The molecule has 0 spiro atoms. The highest BCUT2D eigenvalue weighted by molar-refractivity contribution is 7.97. The van der Waals surface area contributed by atoms with E-state index in [2.05, 4.69) is 18.2 Å². The predicted molar refractivity (Wildman–Crippen MR) is 83.8 cm³/mol. The molecule has 1 N–H and O–H groups in total. The molecule has 1 aliphatic heterocycles. The fourth-order valence-corrected chi connectivity index (χ4v) is 4.40. The van der Waals surface area contributed by atoms with Crippen LogP contribution in [0.4, 0.5) is 0 Å². The highest BCUT2D eigenvalue weighted by atomic mass is 35.5. The number of hydrogen-bond donors (Lipinski definition) is 1. The molecule has 2 rings (SSSR count). The zero-order chi connectivity index (χ0) is 14.9. The van der Waals surface area contributed by atoms with Gasteiger partial charge in [-0.2, -0.15) is 0 Å². The van der Waals surface area contributed by atoms with Crippen LogP contribution in [0.3, 0.4) is 0 Å². The number of carboxylic acid groups (broad SMARTS) is 1. The Morgan fingerprint density at radius 2 is 1.85 bits per heavy atom. The lowest BCUT2D eigenvalue weighted by Gasteiger charge is -2.34. The Balaban J connectivity index is 2.20. The summed E-state index contributed by atoms with van der Waals surface area (Å²) >= 11 is 13.6. The van der Waals surface area contributed by atoms with E-state index in [-0.39, 0.29) is 10.6 Å². The maximum absolute atomic E-state index is 11.1. The summed E-state index contributed by atoms with van der Waals surface area (Å²) in [6, 6.07) is 3.06. The molecule has 1 aromatic rings. The molecular weight excluding hydrogens is 317 g/mol. The van der Waals surface area contributed by atoms with E-state index in [1.807, 2.05) is 0 Å². The molecule has 6 heteroatoms. The standard InChI is InChI=1S/C14H17Cl2NO2S/c1-8-3-9(2)7-17(6-8)20-13-4-10(14(18)19)11(15)5-12(13)16/h4-5,8-9H,3,6-7H2,1-2H3,(H,18,19). The fraction of sp³-hybridized carbons (Fsp3) is 0.500. The van der Waals surface area contributed by atoms with Gasteiger partial charge in [0.2, 0.25) is 0 Å². The number of aromatic carboxylic acids is 1. The Labute approximate surface area is 133 Å². The molecule has 0 saturated carbocycles. The van der Waals surface area contributed by atoms with Gasteiger partial charge in [0.1, 0.15) is 0 Å². The lowest BCUT2D eigenvalue weighted by atomic mass is 9.94. The molecule has 0 aliphatic carbocycles. The van der Waals surface area contributed by atoms with Crippen LogP contribution in [-0.2, 0) is 0 Å². The smallest absolute Gasteiger partial charge is 0.337 e. The van der Waals surface area contributed by atoms with Crippen molar-refractivity contribution < 1.29 is 9.90 Å². The van der Waals surface area contributed by atoms with Crippen LogP contribution in [0.15, 0.2) is 17.0 Å². The highest BCUT2D eigenvalue weighted by Crippen LogP contribution is 2.37. The second kappa shape index (κ2) is 6.56. The second-order valence-corrected chi connectivity index (χ2v) is 7.41. The van der Waals surface area contributed by atoms with E-state index < -0.39 is 5.97 Å². The van der Waals surface area contributed by atoms with Gasteiger partial charge in [-0.05, 0) is 42.3 Å². The summed E-state index contributed by atoms with van der Waals surface area (Å²) in [5.41, 5.74) is 0.0941. The Bertz CT molecular complexity index is 514. The third-order valence-electron chi connectivity index (χ3n) is 3.31. The van der Waals surface area contributed by atoms with E-state index in [4.69, 9.17) is 28.3 Å². The molecule has 0 aromatic heterocycles. The van der Waals surface area contributed by atoms with E-state index in [0.29, 0.717) is 16.9 Å². The first kappa shape index (κ1) is 16.0. The molecule has 0 bridgehead atoms. The fourth-order valence-electron chi connectivity index (χ4n) is 2.58. The molecule has 0 radical (unpaired) electrons. The Kier molecular flexibility index (Phi) is 5.24. The monoisotopic (exact) mass is 333 g/mol. The van der Waals surface area contributed by atoms with E-state index in [0.717, 1.165) is 18.0 Å². The van der Waals surface area contributed by atoms with Crippen molar-refractivity contribution in [3.05, 3.63) is 27.7 Å². The molecule has 20 heavy (non-hydrogen) atoms. The van der Waals surface area contributed by atoms with E-state index in [1.165, 1.54) is 24.4 Å². The maximum Gasteiger partial charge on any atom is 0.337 e. The first-order valence-electron chi connectivity index (χ1n) is 6.52. The van der Waals surface area contributed by atoms with Crippen LogP contribution in [-0.4, -0.2) is 28.5 Å². The van der Waals surface area contributed by atoms with E-state index in [9.17, 15) is 4.79 Å². The Hall–Kier alpha value is -0.420. The van der Waals surface area contributed by atoms with Gasteiger partial charge in [0, 0.05) is 18.0 Å². The van der Waals surface area contributed by atoms with Gasteiger partial charge in [-0.25, -0.2) is 9.10 Å². The van der Waals surface area contributed by atoms with Gasteiger partial charge in [0.25, 0.3) is 0 Å². The van der Waals surface area contributed by atoms with Crippen LogP contribution < -0.4 is 0 Å². The summed E-state index contributed by atoms with van der Waals surface area (Å²) in [6.07, 6.45) is 1.23. The molecule has 2 atom stereocenters. The first-order chi connectivity index (χ1) is 9.36. The van der Waals surface area contributed by atoms with Crippen molar-refractivity contribution in [3.63, 3.8) is 0 Å². The normalized spacial score (nSPS) is 23.8. The largest absolute Gasteiger partial charge is 0.478 e. The molecule has 1 fully saturated rings. The van der Waals surface area contributed by atoms with Crippen molar-refractivity contribution in [2.75, 3.05) is 13.1 Å². The van der Waals surface area contributed by atoms with Crippen LogP contribution in [0.2, 0.25) is 10.0 Å². The lowest BCUT2D eigenvalue weighted by molar-refractivity contribution is 0.0697. The summed E-state index contributed by atoms with van der Waals surface area (Å²) in [7, 11) is 0. The van der Waals surface area contributed by atoms with Crippen LogP contribution in [0, 0.1) is 11.8 Å². The van der Waals surface area contributed by atoms with Crippen LogP contribution >= 0.6 is 35.1 Å². The van der Waals surface area contributed by atoms with Gasteiger partial charge >= 0.3 is 5.97 Å². The van der Waals surface area contributed by atoms with Gasteiger partial charge in [0.15, 0.2) is 0 Å². The second-order valence-electron chi connectivity index (χ2n) is 5.45. The average molecular weight is 334 g/mol. The molecule has 0 amide bonds. The van der Waals surface area contributed by atoms with Crippen LogP contribution in [0.5, 0.6) is 0 Å². The van der Waals surface area contributed by atoms with Crippen molar-refractivity contribution in [3.8, 4) is 0 Å². The minimum absolute atomic E-state index is 0.0941. The molecule has 2 unspecified atom stereocenters. The van der Waals surface area contributed by atoms with Crippen molar-refractivity contribution in [2.24, 2.45) is 11.8 Å². The van der Waals surface area contributed by atoms with Gasteiger partial charge in [-0.3, -0.25) is 0 Å². The zero-order valence-electron chi connectivity index (χ0n) is 11.4. The molecule has 1 saturated heterocycles. The number of carbonyl (C=O) groups is 1. The summed E-state index contributed by atoms with van der Waals surface area (Å²) < 4.78 is 2.25. The quantitative estimate of drug-likeness (QED) is 0.815. The zero-order valence-corrected chi connectivity index (χ0v) is 13.7. The number of benzene rings is 1. The molecular formula is C14H17Cl2NO2S. The highest BCUT2D eigenvalue weighted by Gasteiger charge is 2.24. The van der Waals surface area contributed by atoms with Gasteiger partial charge in [-0.1, -0.05) is 37.0 Å². The Morgan fingerprint density at radius 1 is 1.25 bits per heavy atom. The summed E-state index contributed by atoms with van der Waals surface area (Å²) in [5, 5.41) is 9.79. The predicted octanol–water partition coefficient (Wildman–Crippen LogP) is 4.68. The minimum atomic E-state index is -1.03. The van der Waals surface area contributed by atoms with E-state index in [1.54, 1.807) is 6.07 Å². The van der Waals surface area contributed by atoms with Crippen molar-refractivity contribution in [1.82, 2.24) is 4.31 Å². The summed E-state index contributed by atoms with van der Waals surface area (Å²) in [6.45, 7) is 6.43. The number of nitrogens with zero attached hydrogens (tertiary/aromatic N) is 1. The number of piperidine rings is 1.